The lowest BCUT2D eigenvalue weighted by Gasteiger charge is -2.29. The zero-order valence-corrected chi connectivity index (χ0v) is 12.6. The van der Waals surface area contributed by atoms with E-state index in [-0.39, 0.29) is 12.1 Å². The van der Waals surface area contributed by atoms with Gasteiger partial charge in [0.1, 0.15) is 0 Å². The molecule has 0 spiro atoms. The molecule has 0 saturated heterocycles. The fourth-order valence-corrected chi connectivity index (χ4v) is 3.44. The van der Waals surface area contributed by atoms with Crippen LogP contribution in [0.3, 0.4) is 0 Å². The molecule has 2 atom stereocenters. The van der Waals surface area contributed by atoms with Gasteiger partial charge in [-0.3, -0.25) is 9.59 Å². The summed E-state index contributed by atoms with van der Waals surface area (Å²) in [6.07, 6.45) is 11.4. The van der Waals surface area contributed by atoms with E-state index in [2.05, 4.69) is 17.6 Å². The predicted octanol–water partition coefficient (Wildman–Crippen LogP) is 2.52. The minimum absolute atomic E-state index is 0.177. The molecule has 2 amide bonds. The van der Waals surface area contributed by atoms with Crippen LogP contribution in [-0.2, 0) is 9.59 Å². The third-order valence-corrected chi connectivity index (χ3v) is 4.82. The maximum absolute atomic E-state index is 12.0. The Bertz CT molecular complexity index is 335. The highest BCUT2D eigenvalue weighted by Crippen LogP contribution is 2.23. The number of hydrogen-bond acceptors (Lipinski definition) is 2. The van der Waals surface area contributed by atoms with Crippen LogP contribution in [0.15, 0.2) is 0 Å². The Morgan fingerprint density at radius 2 is 1.30 bits per heavy atom. The third kappa shape index (κ3) is 4.50. The average molecular weight is 280 g/mol. The standard InChI is InChI=1S/C16H28N2O2/c1-12-8-6-7-11-14(12)18-16(20)15(19)17-13-9-4-2-3-5-10-13/h12-14H,2-11H2,1H3,(H,17,19)(H,18,20). The molecule has 4 heteroatoms. The Kier molecular flexibility index (Phi) is 5.86. The van der Waals surface area contributed by atoms with E-state index in [1.54, 1.807) is 0 Å². The Hall–Kier alpha value is -1.06. The van der Waals surface area contributed by atoms with Crippen LogP contribution in [0, 0.1) is 5.92 Å². The topological polar surface area (TPSA) is 58.2 Å². The van der Waals surface area contributed by atoms with Crippen molar-refractivity contribution in [2.24, 2.45) is 5.92 Å². The van der Waals surface area contributed by atoms with Crippen LogP contribution in [0.1, 0.15) is 71.1 Å². The highest BCUT2D eigenvalue weighted by Gasteiger charge is 2.26. The van der Waals surface area contributed by atoms with Crippen molar-refractivity contribution >= 4 is 11.8 Å². The molecule has 0 bridgehead atoms. The zero-order valence-electron chi connectivity index (χ0n) is 12.6. The summed E-state index contributed by atoms with van der Waals surface area (Å²) in [5.41, 5.74) is 0. The number of amides is 2. The molecule has 0 aromatic heterocycles. The summed E-state index contributed by atoms with van der Waals surface area (Å²) in [6.45, 7) is 2.16. The fourth-order valence-electron chi connectivity index (χ4n) is 3.44. The van der Waals surface area contributed by atoms with Crippen LogP contribution in [0.25, 0.3) is 0 Å². The van der Waals surface area contributed by atoms with Gasteiger partial charge in [-0.1, -0.05) is 45.4 Å². The van der Waals surface area contributed by atoms with Crippen LogP contribution in [0.5, 0.6) is 0 Å². The molecule has 2 N–H and O–H groups in total. The third-order valence-electron chi connectivity index (χ3n) is 4.82. The van der Waals surface area contributed by atoms with E-state index in [0.29, 0.717) is 5.92 Å². The van der Waals surface area contributed by atoms with E-state index in [1.165, 1.54) is 19.3 Å². The summed E-state index contributed by atoms with van der Waals surface area (Å²) in [5.74, 6) is -0.388. The minimum Gasteiger partial charge on any atom is -0.345 e. The first-order valence-electron chi connectivity index (χ1n) is 8.28. The van der Waals surface area contributed by atoms with E-state index < -0.39 is 11.8 Å². The molecule has 2 fully saturated rings. The molecule has 2 unspecified atom stereocenters. The monoisotopic (exact) mass is 280 g/mol. The Labute approximate surface area is 122 Å². The average Bonchev–Trinajstić information content (AvgIpc) is 2.70. The van der Waals surface area contributed by atoms with Gasteiger partial charge in [0.15, 0.2) is 0 Å². The van der Waals surface area contributed by atoms with E-state index >= 15 is 0 Å². The Balaban J connectivity index is 1.77. The van der Waals surface area contributed by atoms with Gasteiger partial charge in [0.25, 0.3) is 0 Å². The lowest BCUT2D eigenvalue weighted by molar-refractivity contribution is -0.140. The molecule has 2 saturated carbocycles. The SMILES string of the molecule is CC1CCCCC1NC(=O)C(=O)NC1CCCCCC1. The van der Waals surface area contributed by atoms with Gasteiger partial charge < -0.3 is 10.6 Å². The summed E-state index contributed by atoms with van der Waals surface area (Å²) >= 11 is 0. The molecule has 2 aliphatic rings. The molecule has 0 radical (unpaired) electrons. The summed E-state index contributed by atoms with van der Waals surface area (Å²) in [6, 6.07) is 0.371. The second-order valence-electron chi connectivity index (χ2n) is 6.50. The molecule has 0 aliphatic heterocycles. The van der Waals surface area contributed by atoms with Gasteiger partial charge in [-0.2, -0.15) is 0 Å². The zero-order chi connectivity index (χ0) is 14.4. The fraction of sp³-hybridized carbons (Fsp3) is 0.875. The van der Waals surface area contributed by atoms with Crippen molar-refractivity contribution in [2.45, 2.75) is 83.2 Å². The number of nitrogens with one attached hydrogen (secondary N) is 2. The van der Waals surface area contributed by atoms with Gasteiger partial charge in [-0.05, 0) is 31.6 Å². The smallest absolute Gasteiger partial charge is 0.309 e. The molecular formula is C16H28N2O2. The first-order chi connectivity index (χ1) is 9.66. The summed E-state index contributed by atoms with van der Waals surface area (Å²) in [5, 5.41) is 5.83. The Morgan fingerprint density at radius 3 is 1.95 bits per heavy atom. The van der Waals surface area contributed by atoms with Gasteiger partial charge >= 0.3 is 11.8 Å². The molecule has 114 valence electrons. The van der Waals surface area contributed by atoms with E-state index in [4.69, 9.17) is 0 Å². The van der Waals surface area contributed by atoms with Crippen molar-refractivity contribution in [3.63, 3.8) is 0 Å². The van der Waals surface area contributed by atoms with Gasteiger partial charge in [0.05, 0.1) is 0 Å². The minimum atomic E-state index is -0.437. The molecule has 0 aromatic rings. The van der Waals surface area contributed by atoms with Crippen molar-refractivity contribution in [3.05, 3.63) is 0 Å². The highest BCUT2D eigenvalue weighted by atomic mass is 16.2. The van der Waals surface area contributed by atoms with Crippen molar-refractivity contribution in [2.75, 3.05) is 0 Å². The largest absolute Gasteiger partial charge is 0.345 e. The summed E-state index contributed by atoms with van der Waals surface area (Å²) in [7, 11) is 0. The van der Waals surface area contributed by atoms with Crippen molar-refractivity contribution in [1.82, 2.24) is 10.6 Å². The molecule has 0 heterocycles. The van der Waals surface area contributed by atoms with Crippen LogP contribution in [0.2, 0.25) is 0 Å². The summed E-state index contributed by atoms with van der Waals surface area (Å²) < 4.78 is 0. The number of carbonyl (C=O) groups excluding carboxylic acids is 2. The van der Waals surface area contributed by atoms with Crippen LogP contribution in [0.4, 0.5) is 0 Å². The lowest BCUT2D eigenvalue weighted by Crippen LogP contribution is -2.49. The molecule has 2 rings (SSSR count). The summed E-state index contributed by atoms with van der Waals surface area (Å²) in [4.78, 5) is 24.0. The van der Waals surface area contributed by atoms with E-state index in [9.17, 15) is 9.59 Å². The molecule has 2 aliphatic carbocycles. The molecule has 4 nitrogen and oxygen atoms in total. The number of hydrogen-bond donors (Lipinski definition) is 2. The van der Waals surface area contributed by atoms with Crippen molar-refractivity contribution in [1.29, 1.82) is 0 Å². The molecular weight excluding hydrogens is 252 g/mol. The molecule has 20 heavy (non-hydrogen) atoms. The second kappa shape index (κ2) is 7.65. The van der Waals surface area contributed by atoms with E-state index in [0.717, 1.165) is 44.9 Å². The van der Waals surface area contributed by atoms with Gasteiger partial charge in [0.2, 0.25) is 0 Å². The number of carbonyl (C=O) groups is 2. The second-order valence-corrected chi connectivity index (χ2v) is 6.50. The maximum Gasteiger partial charge on any atom is 0.309 e. The first-order valence-corrected chi connectivity index (χ1v) is 8.28. The van der Waals surface area contributed by atoms with Crippen LogP contribution < -0.4 is 10.6 Å². The van der Waals surface area contributed by atoms with Gasteiger partial charge in [-0.15, -0.1) is 0 Å². The maximum atomic E-state index is 12.0. The van der Waals surface area contributed by atoms with Crippen LogP contribution >= 0.6 is 0 Å². The molecule has 0 aromatic carbocycles. The van der Waals surface area contributed by atoms with Crippen molar-refractivity contribution in [3.8, 4) is 0 Å². The van der Waals surface area contributed by atoms with Crippen LogP contribution in [-0.4, -0.2) is 23.9 Å². The number of rotatable bonds is 2. The Morgan fingerprint density at radius 1 is 0.750 bits per heavy atom. The van der Waals surface area contributed by atoms with Crippen molar-refractivity contribution < 1.29 is 9.59 Å². The quantitative estimate of drug-likeness (QED) is 0.603. The highest BCUT2D eigenvalue weighted by molar-refractivity contribution is 6.35. The van der Waals surface area contributed by atoms with E-state index in [1.807, 2.05) is 0 Å². The van der Waals surface area contributed by atoms with Gasteiger partial charge in [0, 0.05) is 12.1 Å². The predicted molar refractivity (Wildman–Crippen MR) is 79.2 cm³/mol. The van der Waals surface area contributed by atoms with Gasteiger partial charge in [-0.25, -0.2) is 0 Å². The first kappa shape index (κ1) is 15.3. The normalized spacial score (nSPS) is 28.4. The lowest BCUT2D eigenvalue weighted by atomic mass is 9.86.